The second-order valence-corrected chi connectivity index (χ2v) is 5.96. The second-order valence-electron chi connectivity index (χ2n) is 5.96. The summed E-state index contributed by atoms with van der Waals surface area (Å²) in [6.45, 7) is 2.61. The summed E-state index contributed by atoms with van der Waals surface area (Å²) in [4.78, 5) is 22.6. The molecule has 0 unspecified atom stereocenters. The van der Waals surface area contributed by atoms with E-state index in [-0.39, 0.29) is 11.8 Å². The second kappa shape index (κ2) is 8.20. The Morgan fingerprint density at radius 1 is 1.04 bits per heavy atom. The van der Waals surface area contributed by atoms with Crippen molar-refractivity contribution in [3.05, 3.63) is 89.8 Å². The zero-order chi connectivity index (χ0) is 18.4. The van der Waals surface area contributed by atoms with Crippen LogP contribution in [-0.4, -0.2) is 20.9 Å². The molecule has 0 spiro atoms. The number of hydrogen-bond acceptors (Lipinski definition) is 3. The summed E-state index contributed by atoms with van der Waals surface area (Å²) in [6, 6.07) is 11.5. The molecule has 2 heterocycles. The first-order chi connectivity index (χ1) is 12.6. The summed E-state index contributed by atoms with van der Waals surface area (Å²) >= 11 is 0. The van der Waals surface area contributed by atoms with Crippen LogP contribution in [0.15, 0.2) is 67.3 Å². The third-order valence-electron chi connectivity index (χ3n) is 3.95. The molecule has 0 fully saturated rings. The molecule has 6 heteroatoms. The third kappa shape index (κ3) is 4.63. The van der Waals surface area contributed by atoms with Gasteiger partial charge in [-0.2, -0.15) is 0 Å². The Labute approximate surface area is 151 Å². The maximum absolute atomic E-state index is 13.5. The molecule has 2 aromatic heterocycles. The maximum Gasteiger partial charge on any atom is 0.322 e. The van der Waals surface area contributed by atoms with Crippen molar-refractivity contribution < 1.29 is 9.18 Å². The number of amides is 2. The van der Waals surface area contributed by atoms with E-state index >= 15 is 0 Å². The Morgan fingerprint density at radius 3 is 2.54 bits per heavy atom. The van der Waals surface area contributed by atoms with Crippen molar-refractivity contribution in [3.63, 3.8) is 0 Å². The Kier molecular flexibility index (Phi) is 5.53. The van der Waals surface area contributed by atoms with Gasteiger partial charge in [0.15, 0.2) is 0 Å². The van der Waals surface area contributed by atoms with Crippen molar-refractivity contribution in [1.29, 1.82) is 0 Å². The summed E-state index contributed by atoms with van der Waals surface area (Å²) in [5, 5.41) is 2.80. The van der Waals surface area contributed by atoms with Gasteiger partial charge in [0.05, 0.1) is 0 Å². The number of halogens is 1. The molecule has 0 radical (unpaired) electrons. The highest BCUT2D eigenvalue weighted by Gasteiger charge is 2.16. The van der Waals surface area contributed by atoms with E-state index in [0.717, 1.165) is 16.7 Å². The summed E-state index contributed by atoms with van der Waals surface area (Å²) in [7, 11) is 0. The molecule has 0 saturated heterocycles. The van der Waals surface area contributed by atoms with Gasteiger partial charge in [-0.3, -0.25) is 9.97 Å². The van der Waals surface area contributed by atoms with E-state index in [9.17, 15) is 9.18 Å². The smallest absolute Gasteiger partial charge is 0.316 e. The molecule has 0 aliphatic rings. The molecule has 3 aromatic rings. The minimum absolute atomic E-state index is 0.306. The van der Waals surface area contributed by atoms with Crippen LogP contribution in [0.1, 0.15) is 16.7 Å². The predicted molar refractivity (Wildman–Crippen MR) is 97.9 cm³/mol. The number of nitrogens with zero attached hydrogens (tertiary/aromatic N) is 3. The number of aromatic nitrogens is 2. The number of hydrogen-bond donors (Lipinski definition) is 1. The lowest BCUT2D eigenvalue weighted by Gasteiger charge is -2.24. The van der Waals surface area contributed by atoms with Crippen LogP contribution >= 0.6 is 0 Å². The van der Waals surface area contributed by atoms with Gasteiger partial charge in [0.2, 0.25) is 0 Å². The number of rotatable bonds is 5. The van der Waals surface area contributed by atoms with Gasteiger partial charge in [-0.05, 0) is 53.9 Å². The molecule has 0 aliphatic heterocycles. The monoisotopic (exact) mass is 350 g/mol. The first kappa shape index (κ1) is 17.5. The van der Waals surface area contributed by atoms with E-state index in [4.69, 9.17) is 0 Å². The van der Waals surface area contributed by atoms with Crippen molar-refractivity contribution in [2.45, 2.75) is 20.0 Å². The Balaban J connectivity index is 1.81. The average Bonchev–Trinajstić information content (AvgIpc) is 2.66. The number of carbonyl (C=O) groups excluding carboxylic acids is 1. The number of urea groups is 1. The highest BCUT2D eigenvalue weighted by molar-refractivity contribution is 5.90. The normalized spacial score (nSPS) is 10.4. The van der Waals surface area contributed by atoms with E-state index in [1.807, 2.05) is 31.2 Å². The van der Waals surface area contributed by atoms with Gasteiger partial charge in [0.1, 0.15) is 5.82 Å². The van der Waals surface area contributed by atoms with Crippen molar-refractivity contribution in [1.82, 2.24) is 14.9 Å². The van der Waals surface area contributed by atoms with Crippen LogP contribution in [0, 0.1) is 12.7 Å². The van der Waals surface area contributed by atoms with Gasteiger partial charge in [-0.25, -0.2) is 9.18 Å². The van der Waals surface area contributed by atoms with E-state index in [0.29, 0.717) is 18.8 Å². The van der Waals surface area contributed by atoms with Gasteiger partial charge >= 0.3 is 6.03 Å². The summed E-state index contributed by atoms with van der Waals surface area (Å²) in [6.07, 6.45) is 6.78. The van der Waals surface area contributed by atoms with E-state index < -0.39 is 0 Å². The van der Waals surface area contributed by atoms with Gasteiger partial charge in [0, 0.05) is 43.6 Å². The lowest BCUT2D eigenvalue weighted by molar-refractivity contribution is 0.206. The van der Waals surface area contributed by atoms with Crippen molar-refractivity contribution >= 4 is 11.7 Å². The number of benzene rings is 1. The summed E-state index contributed by atoms with van der Waals surface area (Å²) in [5.41, 5.74) is 3.12. The van der Waals surface area contributed by atoms with Gasteiger partial charge in [-0.15, -0.1) is 0 Å². The average molecular weight is 350 g/mol. The first-order valence-corrected chi connectivity index (χ1v) is 8.22. The Bertz CT molecular complexity index is 830. The van der Waals surface area contributed by atoms with Crippen LogP contribution in [0.5, 0.6) is 0 Å². The molecule has 2 amide bonds. The number of pyridine rings is 2. The Hall–Kier alpha value is -3.28. The highest BCUT2D eigenvalue weighted by atomic mass is 19.1. The summed E-state index contributed by atoms with van der Waals surface area (Å²) < 4.78 is 13.5. The molecule has 3 rings (SSSR count). The van der Waals surface area contributed by atoms with Gasteiger partial charge in [-0.1, -0.05) is 12.1 Å². The van der Waals surface area contributed by atoms with E-state index in [1.54, 1.807) is 35.8 Å². The molecule has 0 saturated carbocycles. The van der Waals surface area contributed by atoms with Gasteiger partial charge in [0.25, 0.3) is 0 Å². The lowest BCUT2D eigenvalue weighted by atomic mass is 10.2. The van der Waals surface area contributed by atoms with Crippen LogP contribution in [0.3, 0.4) is 0 Å². The molecule has 26 heavy (non-hydrogen) atoms. The van der Waals surface area contributed by atoms with Crippen LogP contribution in [0.25, 0.3) is 0 Å². The van der Waals surface area contributed by atoms with Crippen LogP contribution in [-0.2, 0) is 13.1 Å². The fraction of sp³-hybridized carbons (Fsp3) is 0.150. The topological polar surface area (TPSA) is 58.1 Å². The fourth-order valence-corrected chi connectivity index (χ4v) is 2.54. The fourth-order valence-electron chi connectivity index (χ4n) is 2.54. The molecular weight excluding hydrogens is 331 g/mol. The minimum Gasteiger partial charge on any atom is -0.316 e. The number of nitrogens with one attached hydrogen (secondary N) is 1. The molecule has 132 valence electrons. The summed E-state index contributed by atoms with van der Waals surface area (Å²) in [5.74, 6) is -0.390. The highest BCUT2D eigenvalue weighted by Crippen LogP contribution is 2.18. The van der Waals surface area contributed by atoms with Crippen LogP contribution in [0.4, 0.5) is 14.9 Å². The minimum atomic E-state index is -0.390. The zero-order valence-electron chi connectivity index (χ0n) is 14.4. The lowest BCUT2D eigenvalue weighted by Crippen LogP contribution is -2.34. The predicted octanol–water partition coefficient (Wildman–Crippen LogP) is 4.16. The Morgan fingerprint density at radius 2 is 1.81 bits per heavy atom. The van der Waals surface area contributed by atoms with Crippen LogP contribution < -0.4 is 5.32 Å². The molecule has 1 aromatic carbocycles. The van der Waals surface area contributed by atoms with E-state index in [1.165, 1.54) is 12.1 Å². The molecule has 5 nitrogen and oxygen atoms in total. The molecule has 0 aliphatic carbocycles. The van der Waals surface area contributed by atoms with Crippen molar-refractivity contribution in [2.24, 2.45) is 0 Å². The molecule has 0 bridgehead atoms. The van der Waals surface area contributed by atoms with E-state index in [2.05, 4.69) is 15.3 Å². The third-order valence-corrected chi connectivity index (χ3v) is 3.95. The largest absolute Gasteiger partial charge is 0.322 e. The van der Waals surface area contributed by atoms with Crippen LogP contribution in [0.2, 0.25) is 0 Å². The quantitative estimate of drug-likeness (QED) is 0.752. The number of aryl methyl sites for hydroxylation is 1. The molecule has 1 N–H and O–H groups in total. The SMILES string of the molecule is Cc1ccc(F)cc1NC(=O)N(Cc1ccncc1)Cc1cccnc1. The molecular formula is C20H19FN4O. The molecule has 0 atom stereocenters. The first-order valence-electron chi connectivity index (χ1n) is 8.22. The number of carbonyl (C=O) groups is 1. The zero-order valence-corrected chi connectivity index (χ0v) is 14.4. The maximum atomic E-state index is 13.5. The standard InChI is InChI=1S/C20H19FN4O/c1-15-4-5-18(21)11-19(15)24-20(26)25(13-16-6-9-22-10-7-16)14-17-3-2-8-23-12-17/h2-12H,13-14H2,1H3,(H,24,26). The van der Waals surface area contributed by atoms with Gasteiger partial charge < -0.3 is 10.2 Å². The van der Waals surface area contributed by atoms with Crippen molar-refractivity contribution in [3.8, 4) is 0 Å². The number of anilines is 1. The van der Waals surface area contributed by atoms with Crippen molar-refractivity contribution in [2.75, 3.05) is 5.32 Å².